The summed E-state index contributed by atoms with van der Waals surface area (Å²) in [5, 5.41) is 19.0. The van der Waals surface area contributed by atoms with Crippen molar-refractivity contribution in [3.8, 4) is 6.07 Å². The van der Waals surface area contributed by atoms with Crippen LogP contribution < -0.4 is 4.90 Å². The maximum atomic E-state index is 10.2. The monoisotopic (exact) mass is 244 g/mol. The van der Waals surface area contributed by atoms with E-state index in [2.05, 4.69) is 23.1 Å². The van der Waals surface area contributed by atoms with Crippen LogP contribution in [0, 0.1) is 11.3 Å². The molecule has 1 aromatic rings. The Morgan fingerprint density at radius 1 is 1.22 bits per heavy atom. The number of hydrogen-bond acceptors (Lipinski definition) is 3. The van der Waals surface area contributed by atoms with Gasteiger partial charge in [-0.2, -0.15) is 5.26 Å². The second-order valence-electron chi connectivity index (χ2n) is 4.86. The highest BCUT2D eigenvalue weighted by Gasteiger charge is 2.28. The largest absolute Gasteiger partial charge is 0.391 e. The van der Waals surface area contributed by atoms with Gasteiger partial charge in [0.2, 0.25) is 0 Å². The summed E-state index contributed by atoms with van der Waals surface area (Å²) in [6.07, 6.45) is 4.40. The fraction of sp³-hybridized carbons (Fsp3) is 0.533. The van der Waals surface area contributed by atoms with Crippen molar-refractivity contribution in [3.63, 3.8) is 0 Å². The minimum absolute atomic E-state index is 0.162. The van der Waals surface area contributed by atoms with Gasteiger partial charge in [0, 0.05) is 12.2 Å². The highest BCUT2D eigenvalue weighted by Crippen LogP contribution is 2.27. The van der Waals surface area contributed by atoms with Crippen LogP contribution in [0.4, 0.5) is 5.69 Å². The number of nitriles is 1. The van der Waals surface area contributed by atoms with Crippen LogP contribution in [-0.2, 0) is 0 Å². The van der Waals surface area contributed by atoms with E-state index >= 15 is 0 Å². The second-order valence-corrected chi connectivity index (χ2v) is 4.86. The molecule has 0 saturated heterocycles. The summed E-state index contributed by atoms with van der Waals surface area (Å²) in [5.74, 6) is 0. The first-order valence-electron chi connectivity index (χ1n) is 6.69. The molecule has 1 aliphatic rings. The van der Waals surface area contributed by atoms with Crippen LogP contribution in [0.15, 0.2) is 30.3 Å². The SMILES string of the molecule is N#CCCN(c1ccccc1)[C@@H]1CCCC[C@H]1O. The molecule has 1 saturated carbocycles. The van der Waals surface area contributed by atoms with E-state index < -0.39 is 0 Å². The van der Waals surface area contributed by atoms with Crippen molar-refractivity contribution in [2.24, 2.45) is 0 Å². The Morgan fingerprint density at radius 2 is 1.94 bits per heavy atom. The lowest BCUT2D eigenvalue weighted by atomic mass is 9.91. The maximum absolute atomic E-state index is 10.2. The molecular formula is C15H20N2O. The Morgan fingerprint density at radius 3 is 2.61 bits per heavy atom. The molecule has 2 atom stereocenters. The number of para-hydroxylation sites is 1. The fourth-order valence-corrected chi connectivity index (χ4v) is 2.73. The highest BCUT2D eigenvalue weighted by atomic mass is 16.3. The molecule has 1 aromatic carbocycles. The molecule has 0 unspecified atom stereocenters. The first-order valence-corrected chi connectivity index (χ1v) is 6.69. The van der Waals surface area contributed by atoms with Crippen molar-refractivity contribution < 1.29 is 5.11 Å². The summed E-state index contributed by atoms with van der Waals surface area (Å²) >= 11 is 0. The van der Waals surface area contributed by atoms with Gasteiger partial charge in [0.05, 0.1) is 24.6 Å². The highest BCUT2D eigenvalue weighted by molar-refractivity contribution is 5.47. The molecule has 1 N–H and O–H groups in total. The van der Waals surface area contributed by atoms with E-state index in [-0.39, 0.29) is 12.1 Å². The van der Waals surface area contributed by atoms with Gasteiger partial charge in [-0.15, -0.1) is 0 Å². The molecule has 1 aliphatic carbocycles. The average molecular weight is 244 g/mol. The van der Waals surface area contributed by atoms with Crippen LogP contribution in [0.5, 0.6) is 0 Å². The summed E-state index contributed by atoms with van der Waals surface area (Å²) in [6, 6.07) is 12.5. The molecule has 0 radical (unpaired) electrons. The third kappa shape index (κ3) is 3.02. The Kier molecular flexibility index (Phi) is 4.60. The molecule has 3 heteroatoms. The van der Waals surface area contributed by atoms with Gasteiger partial charge in [-0.25, -0.2) is 0 Å². The number of nitrogens with zero attached hydrogens (tertiary/aromatic N) is 2. The lowest BCUT2D eigenvalue weighted by Gasteiger charge is -2.39. The van der Waals surface area contributed by atoms with E-state index in [4.69, 9.17) is 5.26 Å². The quantitative estimate of drug-likeness (QED) is 0.885. The van der Waals surface area contributed by atoms with Crippen LogP contribution >= 0.6 is 0 Å². The number of hydrogen-bond donors (Lipinski definition) is 1. The van der Waals surface area contributed by atoms with Gasteiger partial charge in [-0.1, -0.05) is 31.0 Å². The van der Waals surface area contributed by atoms with E-state index in [0.717, 1.165) is 31.4 Å². The molecule has 2 rings (SSSR count). The molecule has 3 nitrogen and oxygen atoms in total. The van der Waals surface area contributed by atoms with E-state index in [1.165, 1.54) is 0 Å². The first kappa shape index (κ1) is 12.9. The van der Waals surface area contributed by atoms with E-state index in [1.54, 1.807) is 0 Å². The molecular weight excluding hydrogens is 224 g/mol. The van der Waals surface area contributed by atoms with Crippen molar-refractivity contribution in [1.82, 2.24) is 0 Å². The lowest BCUT2D eigenvalue weighted by Crippen LogP contribution is -2.46. The first-order chi connectivity index (χ1) is 8.83. The fourth-order valence-electron chi connectivity index (χ4n) is 2.73. The minimum atomic E-state index is -0.266. The second kappa shape index (κ2) is 6.42. The van der Waals surface area contributed by atoms with E-state index in [0.29, 0.717) is 13.0 Å². The van der Waals surface area contributed by atoms with Crippen molar-refractivity contribution in [3.05, 3.63) is 30.3 Å². The zero-order valence-corrected chi connectivity index (χ0v) is 10.6. The summed E-state index contributed by atoms with van der Waals surface area (Å²) in [5.41, 5.74) is 1.11. The predicted octanol–water partition coefficient (Wildman–Crippen LogP) is 2.71. The van der Waals surface area contributed by atoms with Crippen LogP contribution in [0.25, 0.3) is 0 Å². The van der Waals surface area contributed by atoms with Crippen LogP contribution in [0.2, 0.25) is 0 Å². The molecule has 0 heterocycles. The molecule has 18 heavy (non-hydrogen) atoms. The Hall–Kier alpha value is -1.53. The lowest BCUT2D eigenvalue weighted by molar-refractivity contribution is 0.104. The summed E-state index contributed by atoms with van der Waals surface area (Å²) in [4.78, 5) is 2.20. The van der Waals surface area contributed by atoms with Crippen LogP contribution in [0.1, 0.15) is 32.1 Å². The van der Waals surface area contributed by atoms with Crippen molar-refractivity contribution >= 4 is 5.69 Å². The van der Waals surface area contributed by atoms with Gasteiger partial charge in [0.25, 0.3) is 0 Å². The summed E-state index contributed by atoms with van der Waals surface area (Å²) in [6.45, 7) is 0.697. The Bertz CT molecular complexity index is 399. The van der Waals surface area contributed by atoms with Gasteiger partial charge in [0.15, 0.2) is 0 Å². The topological polar surface area (TPSA) is 47.3 Å². The van der Waals surface area contributed by atoms with Crippen molar-refractivity contribution in [2.45, 2.75) is 44.2 Å². The molecule has 0 bridgehead atoms. The van der Waals surface area contributed by atoms with Crippen LogP contribution in [-0.4, -0.2) is 23.8 Å². The van der Waals surface area contributed by atoms with Crippen molar-refractivity contribution in [2.75, 3.05) is 11.4 Å². The molecule has 1 fully saturated rings. The maximum Gasteiger partial charge on any atom is 0.0743 e. The Balaban J connectivity index is 2.16. The number of anilines is 1. The smallest absolute Gasteiger partial charge is 0.0743 e. The third-order valence-corrected chi connectivity index (χ3v) is 3.65. The zero-order chi connectivity index (χ0) is 12.8. The van der Waals surface area contributed by atoms with E-state index in [9.17, 15) is 5.11 Å². The Labute approximate surface area is 109 Å². The van der Waals surface area contributed by atoms with Gasteiger partial charge in [-0.3, -0.25) is 0 Å². The van der Waals surface area contributed by atoms with Gasteiger partial charge < -0.3 is 10.0 Å². The van der Waals surface area contributed by atoms with Crippen molar-refractivity contribution in [1.29, 1.82) is 5.26 Å². The number of aliphatic hydroxyl groups excluding tert-OH is 1. The predicted molar refractivity (Wildman–Crippen MR) is 72.3 cm³/mol. The van der Waals surface area contributed by atoms with Gasteiger partial charge in [-0.05, 0) is 25.0 Å². The zero-order valence-electron chi connectivity index (χ0n) is 10.6. The third-order valence-electron chi connectivity index (χ3n) is 3.65. The summed E-state index contributed by atoms with van der Waals surface area (Å²) < 4.78 is 0. The molecule has 0 aromatic heterocycles. The number of rotatable bonds is 4. The minimum Gasteiger partial charge on any atom is -0.391 e. The normalized spacial score (nSPS) is 23.3. The van der Waals surface area contributed by atoms with Crippen LogP contribution in [0.3, 0.4) is 0 Å². The average Bonchev–Trinajstić information content (AvgIpc) is 2.42. The molecule has 0 amide bonds. The molecule has 0 spiro atoms. The van der Waals surface area contributed by atoms with Gasteiger partial charge >= 0.3 is 0 Å². The molecule has 0 aliphatic heterocycles. The number of aliphatic hydroxyl groups is 1. The van der Waals surface area contributed by atoms with E-state index in [1.807, 2.05) is 18.2 Å². The molecule has 96 valence electrons. The number of benzene rings is 1. The summed E-state index contributed by atoms with van der Waals surface area (Å²) in [7, 11) is 0. The van der Waals surface area contributed by atoms with Gasteiger partial charge in [0.1, 0.15) is 0 Å². The standard InChI is InChI=1S/C15H20N2O/c16-11-6-12-17(13-7-2-1-3-8-13)14-9-4-5-10-15(14)18/h1-3,7-8,14-15,18H,4-6,9-10,12H2/t14-,15-/m1/s1.